The number of para-hydroxylation sites is 1. The van der Waals surface area contributed by atoms with E-state index in [-0.39, 0.29) is 17.9 Å². The van der Waals surface area contributed by atoms with Crippen LogP contribution in [0.3, 0.4) is 0 Å². The molecule has 0 aliphatic heterocycles. The van der Waals surface area contributed by atoms with Gasteiger partial charge in [-0.1, -0.05) is 30.4 Å². The van der Waals surface area contributed by atoms with E-state index < -0.39 is 0 Å². The van der Waals surface area contributed by atoms with Crippen LogP contribution >= 0.6 is 0 Å². The highest BCUT2D eigenvalue weighted by molar-refractivity contribution is 5.79. The molecule has 0 saturated carbocycles. The van der Waals surface area contributed by atoms with Crippen molar-refractivity contribution in [3.8, 4) is 0 Å². The Hall–Kier alpha value is -2.03. The minimum absolute atomic E-state index is 0.0870. The number of amides is 1. The number of allylic oxidation sites excluding steroid dienone is 2. The van der Waals surface area contributed by atoms with Crippen LogP contribution in [0, 0.1) is 5.92 Å². The van der Waals surface area contributed by atoms with Gasteiger partial charge in [-0.25, -0.2) is 0 Å². The predicted molar refractivity (Wildman–Crippen MR) is 84.0 cm³/mol. The van der Waals surface area contributed by atoms with E-state index in [2.05, 4.69) is 23.5 Å². The van der Waals surface area contributed by atoms with Crippen LogP contribution in [-0.4, -0.2) is 11.9 Å². The summed E-state index contributed by atoms with van der Waals surface area (Å²) >= 11 is 0. The summed E-state index contributed by atoms with van der Waals surface area (Å²) in [6.45, 7) is 2.03. The Kier molecular flexibility index (Phi) is 4.09. The van der Waals surface area contributed by atoms with Gasteiger partial charge in [0.25, 0.3) is 0 Å². The molecule has 0 saturated heterocycles. The second-order valence-electron chi connectivity index (χ2n) is 5.85. The fourth-order valence-electron chi connectivity index (χ4n) is 2.88. The molecule has 1 N–H and O–H groups in total. The molecule has 1 aromatic carbocycles. The van der Waals surface area contributed by atoms with E-state index in [1.54, 1.807) is 0 Å². The van der Waals surface area contributed by atoms with Crippen molar-refractivity contribution in [3.05, 3.63) is 48.2 Å². The third kappa shape index (κ3) is 3.35. The van der Waals surface area contributed by atoms with Crippen LogP contribution in [0.4, 0.5) is 0 Å². The van der Waals surface area contributed by atoms with Crippen LogP contribution in [0.5, 0.6) is 0 Å². The van der Waals surface area contributed by atoms with Gasteiger partial charge in [0.15, 0.2) is 0 Å². The Morgan fingerprint density at radius 1 is 1.38 bits per heavy atom. The molecule has 3 rings (SSSR count). The highest BCUT2D eigenvalue weighted by Crippen LogP contribution is 2.21. The van der Waals surface area contributed by atoms with Crippen molar-refractivity contribution < 1.29 is 9.21 Å². The Morgan fingerprint density at radius 2 is 2.24 bits per heavy atom. The van der Waals surface area contributed by atoms with Gasteiger partial charge >= 0.3 is 0 Å². The summed E-state index contributed by atoms with van der Waals surface area (Å²) in [5.41, 5.74) is 0.906. The van der Waals surface area contributed by atoms with Crippen LogP contribution in [0.2, 0.25) is 0 Å². The van der Waals surface area contributed by atoms with Gasteiger partial charge in [0, 0.05) is 23.8 Å². The fraction of sp³-hybridized carbons (Fsp3) is 0.389. The molecule has 2 aromatic rings. The van der Waals surface area contributed by atoms with Crippen LogP contribution in [0.1, 0.15) is 31.9 Å². The van der Waals surface area contributed by atoms with Crippen molar-refractivity contribution in [1.29, 1.82) is 0 Å². The van der Waals surface area contributed by atoms with E-state index in [1.807, 2.05) is 31.2 Å². The lowest BCUT2D eigenvalue weighted by Gasteiger charge is -2.20. The Balaban J connectivity index is 1.59. The number of rotatable bonds is 4. The van der Waals surface area contributed by atoms with Crippen molar-refractivity contribution in [3.63, 3.8) is 0 Å². The lowest BCUT2D eigenvalue weighted by atomic mass is 9.93. The fourth-order valence-corrected chi connectivity index (χ4v) is 2.88. The number of furan rings is 1. The number of carbonyl (C=O) groups excluding carboxylic acids is 1. The summed E-state index contributed by atoms with van der Waals surface area (Å²) in [5.74, 6) is 1.23. The maximum Gasteiger partial charge on any atom is 0.223 e. The maximum atomic E-state index is 12.2. The zero-order valence-corrected chi connectivity index (χ0v) is 12.3. The molecular weight excluding hydrogens is 262 g/mol. The topological polar surface area (TPSA) is 42.2 Å². The molecule has 1 aromatic heterocycles. The number of benzene rings is 1. The molecule has 0 spiro atoms. The zero-order chi connectivity index (χ0) is 14.7. The number of fused-ring (bicyclic) bond motifs is 1. The Bertz CT molecular complexity index is 623. The molecule has 0 unspecified atom stereocenters. The largest absolute Gasteiger partial charge is 0.461 e. The van der Waals surface area contributed by atoms with E-state index in [1.165, 1.54) is 0 Å². The lowest BCUT2D eigenvalue weighted by molar-refractivity contribution is -0.125. The highest BCUT2D eigenvalue weighted by Gasteiger charge is 2.20. The molecule has 3 nitrogen and oxygen atoms in total. The van der Waals surface area contributed by atoms with Crippen molar-refractivity contribution in [1.82, 2.24) is 5.32 Å². The number of carbonyl (C=O) groups is 1. The molecule has 3 heteroatoms. The van der Waals surface area contributed by atoms with Gasteiger partial charge in [-0.2, -0.15) is 0 Å². The molecule has 1 aliphatic carbocycles. The van der Waals surface area contributed by atoms with E-state index in [0.717, 1.165) is 42.4 Å². The number of hydrogen-bond donors (Lipinski definition) is 1. The van der Waals surface area contributed by atoms with E-state index in [4.69, 9.17) is 4.42 Å². The summed E-state index contributed by atoms with van der Waals surface area (Å²) in [4.78, 5) is 12.2. The van der Waals surface area contributed by atoms with Crippen molar-refractivity contribution >= 4 is 16.9 Å². The van der Waals surface area contributed by atoms with Crippen LogP contribution < -0.4 is 5.32 Å². The molecule has 21 heavy (non-hydrogen) atoms. The second kappa shape index (κ2) is 6.17. The van der Waals surface area contributed by atoms with E-state index in [0.29, 0.717) is 0 Å². The minimum Gasteiger partial charge on any atom is -0.461 e. The van der Waals surface area contributed by atoms with Gasteiger partial charge in [0.2, 0.25) is 5.91 Å². The van der Waals surface area contributed by atoms with Gasteiger partial charge in [0.05, 0.1) is 0 Å². The number of hydrogen-bond acceptors (Lipinski definition) is 2. The van der Waals surface area contributed by atoms with Gasteiger partial charge in [-0.3, -0.25) is 4.79 Å². The lowest BCUT2D eigenvalue weighted by Crippen LogP contribution is -2.38. The molecule has 1 amide bonds. The monoisotopic (exact) mass is 283 g/mol. The number of nitrogens with one attached hydrogen (secondary N) is 1. The molecular formula is C18H21NO2. The first-order valence-corrected chi connectivity index (χ1v) is 7.65. The van der Waals surface area contributed by atoms with Crippen molar-refractivity contribution in [2.45, 2.75) is 38.6 Å². The molecule has 0 radical (unpaired) electrons. The minimum atomic E-state index is 0.0870. The summed E-state index contributed by atoms with van der Waals surface area (Å²) in [7, 11) is 0. The average Bonchev–Trinajstić information content (AvgIpc) is 2.90. The standard InChI is InChI=1S/C18H21NO2/c1-13(19-18(20)14-7-3-2-4-8-14)11-16-12-15-9-5-6-10-17(15)21-16/h2-3,5-6,9-10,12-14H,4,7-8,11H2,1H3,(H,19,20)/t13-,14+/m0/s1. The van der Waals surface area contributed by atoms with Crippen molar-refractivity contribution in [2.75, 3.05) is 0 Å². The molecule has 110 valence electrons. The first-order chi connectivity index (χ1) is 10.2. The van der Waals surface area contributed by atoms with Crippen LogP contribution in [-0.2, 0) is 11.2 Å². The molecule has 1 aliphatic rings. The molecule has 0 bridgehead atoms. The van der Waals surface area contributed by atoms with Gasteiger partial charge < -0.3 is 9.73 Å². The van der Waals surface area contributed by atoms with Crippen LogP contribution in [0.25, 0.3) is 11.0 Å². The Labute approximate surface area is 125 Å². The van der Waals surface area contributed by atoms with Gasteiger partial charge in [0.1, 0.15) is 11.3 Å². The normalized spacial score (nSPS) is 19.6. The first kappa shape index (κ1) is 13.9. The van der Waals surface area contributed by atoms with E-state index in [9.17, 15) is 4.79 Å². The summed E-state index contributed by atoms with van der Waals surface area (Å²) < 4.78 is 5.80. The molecule has 2 atom stereocenters. The molecule has 0 fully saturated rings. The zero-order valence-electron chi connectivity index (χ0n) is 12.3. The van der Waals surface area contributed by atoms with Crippen LogP contribution in [0.15, 0.2) is 46.9 Å². The summed E-state index contributed by atoms with van der Waals surface area (Å²) in [5, 5.41) is 4.22. The first-order valence-electron chi connectivity index (χ1n) is 7.65. The SMILES string of the molecule is C[C@@H](Cc1cc2ccccc2o1)NC(=O)[C@@H]1CC=CCC1. The maximum absolute atomic E-state index is 12.2. The highest BCUT2D eigenvalue weighted by atomic mass is 16.3. The van der Waals surface area contributed by atoms with Gasteiger partial charge in [-0.05, 0) is 38.3 Å². The third-order valence-corrected chi connectivity index (χ3v) is 4.01. The molecule has 1 heterocycles. The predicted octanol–water partition coefficient (Wildman–Crippen LogP) is 3.84. The van der Waals surface area contributed by atoms with Gasteiger partial charge in [-0.15, -0.1) is 0 Å². The quantitative estimate of drug-likeness (QED) is 0.866. The smallest absolute Gasteiger partial charge is 0.223 e. The van der Waals surface area contributed by atoms with E-state index >= 15 is 0 Å². The third-order valence-electron chi connectivity index (χ3n) is 4.01. The average molecular weight is 283 g/mol. The van der Waals surface area contributed by atoms with Crippen molar-refractivity contribution in [2.24, 2.45) is 5.92 Å². The second-order valence-corrected chi connectivity index (χ2v) is 5.85. The summed E-state index contributed by atoms with van der Waals surface area (Å²) in [6.07, 6.45) is 7.82. The summed E-state index contributed by atoms with van der Waals surface area (Å²) in [6, 6.07) is 10.1. The Morgan fingerprint density at radius 3 is 3.00 bits per heavy atom.